The normalized spacial score (nSPS) is 18.4. The van der Waals surface area contributed by atoms with Crippen LogP contribution in [0.4, 0.5) is 0 Å². The number of rotatable bonds is 1. The van der Waals surface area contributed by atoms with Gasteiger partial charge in [0.05, 0.1) is 0 Å². The molecule has 0 radical (unpaired) electrons. The molecule has 2 heteroatoms. The van der Waals surface area contributed by atoms with Gasteiger partial charge in [0.25, 0.3) is 0 Å². The molecule has 0 aliphatic carbocycles. The molecule has 2 heterocycles. The Hall–Kier alpha value is -0.782. The first-order valence-electron chi connectivity index (χ1n) is 4.54. The number of hydrogen-bond acceptors (Lipinski definition) is 1. The van der Waals surface area contributed by atoms with E-state index >= 15 is 0 Å². The molecule has 3 rings (SSSR count). The van der Waals surface area contributed by atoms with Crippen molar-refractivity contribution in [3.8, 4) is 0 Å². The van der Waals surface area contributed by atoms with Gasteiger partial charge in [-0.25, -0.2) is 0 Å². The van der Waals surface area contributed by atoms with Crippen molar-refractivity contribution in [3.63, 3.8) is 0 Å². The Morgan fingerprint density at radius 3 is 2.71 bits per heavy atom. The summed E-state index contributed by atoms with van der Waals surface area (Å²) in [6, 6.07) is 10.9. The van der Waals surface area contributed by atoms with Crippen molar-refractivity contribution in [3.05, 3.63) is 51.5 Å². The summed E-state index contributed by atoms with van der Waals surface area (Å²) in [4.78, 5) is 2.43. The molecule has 1 aliphatic rings. The standard InChI is InChI=1S/C12H9AsS/c1-2-4-11(5-3-1)13-7-6-10-8-14-9-12(10)13/h1-9H. The van der Waals surface area contributed by atoms with Gasteiger partial charge in [0, 0.05) is 0 Å². The van der Waals surface area contributed by atoms with Gasteiger partial charge in [-0.1, -0.05) is 0 Å². The zero-order chi connectivity index (χ0) is 9.38. The number of hydrogen-bond donors (Lipinski definition) is 0. The second kappa shape index (κ2) is 3.42. The minimum atomic E-state index is -1.03. The molecule has 0 saturated heterocycles. The van der Waals surface area contributed by atoms with E-state index in [9.17, 15) is 0 Å². The Morgan fingerprint density at radius 2 is 1.86 bits per heavy atom. The van der Waals surface area contributed by atoms with Gasteiger partial charge < -0.3 is 0 Å². The van der Waals surface area contributed by atoms with Crippen LogP contribution in [0.5, 0.6) is 0 Å². The van der Waals surface area contributed by atoms with Crippen LogP contribution in [0.3, 0.4) is 0 Å². The Balaban J connectivity index is 2.08. The van der Waals surface area contributed by atoms with Crippen LogP contribution in [-0.2, 0) is 0 Å². The second-order valence-corrected chi connectivity index (χ2v) is 8.25. The third-order valence-corrected chi connectivity index (χ3v) is 8.14. The third kappa shape index (κ3) is 1.28. The second-order valence-electron chi connectivity index (χ2n) is 3.23. The fourth-order valence-corrected chi connectivity index (χ4v) is 7.60. The Morgan fingerprint density at radius 1 is 1.00 bits per heavy atom. The van der Waals surface area contributed by atoms with Crippen molar-refractivity contribution < 1.29 is 0 Å². The average molecular weight is 260 g/mol. The van der Waals surface area contributed by atoms with Crippen LogP contribution in [0.1, 0.15) is 5.56 Å². The van der Waals surface area contributed by atoms with E-state index in [0.29, 0.717) is 0 Å². The summed E-state index contributed by atoms with van der Waals surface area (Å²) < 4.78 is 3.14. The fraction of sp³-hybridized carbons (Fsp3) is 0. The molecule has 0 bridgehead atoms. The van der Waals surface area contributed by atoms with Crippen molar-refractivity contribution in [2.24, 2.45) is 0 Å². The number of benzene rings is 1. The topological polar surface area (TPSA) is 0 Å². The first-order valence-corrected chi connectivity index (χ1v) is 8.44. The summed E-state index contributed by atoms with van der Waals surface area (Å²) >= 11 is 0.795. The van der Waals surface area contributed by atoms with Gasteiger partial charge in [-0.15, -0.1) is 0 Å². The quantitative estimate of drug-likeness (QED) is 0.687. The predicted octanol–water partition coefficient (Wildman–Crippen LogP) is 1.92. The Kier molecular flexibility index (Phi) is 2.08. The summed E-state index contributed by atoms with van der Waals surface area (Å²) in [5.74, 6) is 0. The zero-order valence-corrected chi connectivity index (χ0v) is 10.2. The minimum absolute atomic E-state index is 1.03. The first kappa shape index (κ1) is 8.52. The van der Waals surface area contributed by atoms with Gasteiger partial charge in [0.15, 0.2) is 0 Å². The van der Waals surface area contributed by atoms with Crippen LogP contribution in [0.2, 0.25) is 0 Å². The maximum atomic E-state index is 2.43. The van der Waals surface area contributed by atoms with Gasteiger partial charge in [-0.2, -0.15) is 0 Å². The van der Waals surface area contributed by atoms with Gasteiger partial charge in [-0.3, -0.25) is 0 Å². The predicted molar refractivity (Wildman–Crippen MR) is 64.8 cm³/mol. The van der Waals surface area contributed by atoms with E-state index in [-0.39, 0.29) is 0 Å². The molecule has 0 nitrogen and oxygen atoms in total. The fourth-order valence-electron chi connectivity index (χ4n) is 1.67. The first-order chi connectivity index (χ1) is 6.95. The molecule has 0 spiro atoms. The summed E-state index contributed by atoms with van der Waals surface area (Å²) in [6.45, 7) is 0. The number of thiophene rings is 1. The molecule has 1 atom stereocenters. The molecular weight excluding hydrogens is 251 g/mol. The van der Waals surface area contributed by atoms with Crippen LogP contribution in [0.25, 0.3) is 6.08 Å². The average Bonchev–Trinajstić information content (AvgIpc) is 2.79. The zero-order valence-electron chi connectivity index (χ0n) is 7.55. The van der Waals surface area contributed by atoms with Crippen molar-refractivity contribution >= 4 is 40.8 Å². The van der Waals surface area contributed by atoms with Gasteiger partial charge in [-0.05, 0) is 0 Å². The van der Waals surface area contributed by atoms with E-state index in [1.54, 1.807) is 4.35 Å². The van der Waals surface area contributed by atoms with Gasteiger partial charge in [0.1, 0.15) is 0 Å². The van der Waals surface area contributed by atoms with Crippen LogP contribution in [0, 0.1) is 0 Å². The number of fused-ring (bicyclic) bond motifs is 1. The van der Waals surface area contributed by atoms with Crippen molar-refractivity contribution in [1.82, 2.24) is 0 Å². The van der Waals surface area contributed by atoms with Crippen molar-refractivity contribution in [2.45, 2.75) is 0 Å². The van der Waals surface area contributed by atoms with E-state index < -0.39 is 14.7 Å². The molecule has 14 heavy (non-hydrogen) atoms. The SMILES string of the molecule is C1=C[As](c2ccccc2)c2cscc21. The molecular formula is C12H9AsS. The Labute approximate surface area is 92.2 Å². The molecule has 1 aromatic heterocycles. The van der Waals surface area contributed by atoms with E-state index in [1.165, 1.54) is 9.91 Å². The van der Waals surface area contributed by atoms with E-state index in [2.05, 4.69) is 52.0 Å². The molecule has 68 valence electrons. The molecule has 1 aromatic carbocycles. The van der Waals surface area contributed by atoms with Crippen molar-refractivity contribution in [2.75, 3.05) is 0 Å². The van der Waals surface area contributed by atoms with Crippen LogP contribution >= 0.6 is 11.3 Å². The third-order valence-electron chi connectivity index (χ3n) is 2.37. The van der Waals surface area contributed by atoms with Crippen LogP contribution in [0.15, 0.2) is 46.0 Å². The van der Waals surface area contributed by atoms with E-state index in [0.717, 1.165) is 0 Å². The van der Waals surface area contributed by atoms with Crippen LogP contribution < -0.4 is 8.70 Å². The molecule has 0 saturated carbocycles. The molecule has 1 aliphatic heterocycles. The van der Waals surface area contributed by atoms with E-state index in [4.69, 9.17) is 0 Å². The molecule has 2 aromatic rings. The molecule has 0 N–H and O–H groups in total. The monoisotopic (exact) mass is 260 g/mol. The van der Waals surface area contributed by atoms with E-state index in [1.807, 2.05) is 11.3 Å². The summed E-state index contributed by atoms with van der Waals surface area (Å²) in [6.07, 6.45) is 2.29. The summed E-state index contributed by atoms with van der Waals surface area (Å²) in [5.41, 5.74) is 1.46. The Bertz CT molecular complexity index is 470. The van der Waals surface area contributed by atoms with Crippen molar-refractivity contribution in [1.29, 1.82) is 0 Å². The molecule has 0 amide bonds. The molecule has 1 unspecified atom stereocenters. The maximum absolute atomic E-state index is 2.43. The summed E-state index contributed by atoms with van der Waals surface area (Å²) in [5, 5.41) is 4.58. The van der Waals surface area contributed by atoms with Gasteiger partial charge >= 0.3 is 92.3 Å². The van der Waals surface area contributed by atoms with Crippen LogP contribution in [-0.4, -0.2) is 14.7 Å². The summed E-state index contributed by atoms with van der Waals surface area (Å²) in [7, 11) is 0. The van der Waals surface area contributed by atoms with Gasteiger partial charge in [0.2, 0.25) is 0 Å². The molecule has 0 fully saturated rings.